The van der Waals surface area contributed by atoms with Crippen LogP contribution in [0.25, 0.3) is 0 Å². The number of rotatable bonds is 3. The first kappa shape index (κ1) is 10.8. The van der Waals surface area contributed by atoms with Crippen molar-refractivity contribution in [2.24, 2.45) is 11.8 Å². The molecule has 0 heterocycles. The van der Waals surface area contributed by atoms with Crippen LogP contribution < -0.4 is 5.32 Å². The number of fused-ring (bicyclic) bond motifs is 2. The molecule has 90 valence electrons. The minimum absolute atomic E-state index is 0.189. The predicted molar refractivity (Wildman–Crippen MR) is 67.5 cm³/mol. The van der Waals surface area contributed by atoms with Gasteiger partial charge in [-0.2, -0.15) is 0 Å². The van der Waals surface area contributed by atoms with Crippen LogP contribution in [0.3, 0.4) is 0 Å². The van der Waals surface area contributed by atoms with Gasteiger partial charge in [0.2, 0.25) is 5.91 Å². The summed E-state index contributed by atoms with van der Waals surface area (Å²) in [4.78, 5) is 11.9. The SMILES string of the molecule is O=C(Cc1ccccc1)N[C@H]1C[C@H]2CC[C@H]1C2. The topological polar surface area (TPSA) is 29.1 Å². The van der Waals surface area contributed by atoms with Crippen molar-refractivity contribution in [3.8, 4) is 0 Å². The summed E-state index contributed by atoms with van der Waals surface area (Å²) in [5.41, 5.74) is 1.10. The lowest BCUT2D eigenvalue weighted by molar-refractivity contribution is -0.121. The quantitative estimate of drug-likeness (QED) is 0.848. The van der Waals surface area contributed by atoms with E-state index in [2.05, 4.69) is 5.32 Å². The largest absolute Gasteiger partial charge is 0.353 e. The molecular formula is C15H19NO. The van der Waals surface area contributed by atoms with E-state index in [-0.39, 0.29) is 5.91 Å². The Morgan fingerprint density at radius 2 is 2.00 bits per heavy atom. The molecule has 2 saturated carbocycles. The second-order valence-electron chi connectivity index (χ2n) is 5.51. The maximum Gasteiger partial charge on any atom is 0.224 e. The molecule has 1 aromatic carbocycles. The second kappa shape index (κ2) is 4.52. The van der Waals surface area contributed by atoms with Gasteiger partial charge in [-0.3, -0.25) is 4.79 Å². The summed E-state index contributed by atoms with van der Waals surface area (Å²) in [7, 11) is 0. The molecule has 0 aromatic heterocycles. The van der Waals surface area contributed by atoms with Crippen molar-refractivity contribution in [2.75, 3.05) is 0 Å². The summed E-state index contributed by atoms with van der Waals surface area (Å²) >= 11 is 0. The van der Waals surface area contributed by atoms with Gasteiger partial charge in [-0.1, -0.05) is 36.8 Å². The zero-order valence-corrected chi connectivity index (χ0v) is 10.1. The third-order valence-corrected chi connectivity index (χ3v) is 4.29. The fourth-order valence-electron chi connectivity index (χ4n) is 3.46. The van der Waals surface area contributed by atoms with Crippen LogP contribution in [-0.2, 0) is 11.2 Å². The summed E-state index contributed by atoms with van der Waals surface area (Å²) in [5.74, 6) is 1.84. The van der Waals surface area contributed by atoms with Crippen LogP contribution in [-0.4, -0.2) is 11.9 Å². The number of nitrogens with one attached hydrogen (secondary N) is 1. The van der Waals surface area contributed by atoms with E-state index >= 15 is 0 Å². The summed E-state index contributed by atoms with van der Waals surface area (Å²) in [6, 6.07) is 10.4. The van der Waals surface area contributed by atoms with E-state index in [4.69, 9.17) is 0 Å². The van der Waals surface area contributed by atoms with E-state index in [0.29, 0.717) is 12.5 Å². The number of carbonyl (C=O) groups excluding carboxylic acids is 1. The van der Waals surface area contributed by atoms with E-state index in [1.807, 2.05) is 30.3 Å². The first-order valence-corrected chi connectivity index (χ1v) is 6.64. The average Bonchev–Trinajstić information content (AvgIpc) is 2.92. The van der Waals surface area contributed by atoms with Crippen LogP contribution in [0.15, 0.2) is 30.3 Å². The van der Waals surface area contributed by atoms with Gasteiger partial charge in [0.05, 0.1) is 6.42 Å². The summed E-state index contributed by atoms with van der Waals surface area (Å²) in [6.07, 6.45) is 5.78. The Bertz CT molecular complexity index is 401. The third kappa shape index (κ3) is 2.36. The van der Waals surface area contributed by atoms with Crippen molar-refractivity contribution < 1.29 is 4.79 Å². The van der Waals surface area contributed by atoms with Crippen LogP contribution in [0.5, 0.6) is 0 Å². The molecule has 2 bridgehead atoms. The van der Waals surface area contributed by atoms with Crippen LogP contribution in [0.1, 0.15) is 31.2 Å². The molecule has 1 aromatic rings. The highest BCUT2D eigenvalue weighted by atomic mass is 16.1. The Morgan fingerprint density at radius 3 is 2.65 bits per heavy atom. The molecule has 0 spiro atoms. The molecule has 3 rings (SSSR count). The smallest absolute Gasteiger partial charge is 0.224 e. The van der Waals surface area contributed by atoms with Crippen molar-refractivity contribution in [1.29, 1.82) is 0 Å². The summed E-state index contributed by atoms with van der Waals surface area (Å²) in [6.45, 7) is 0. The van der Waals surface area contributed by atoms with Gasteiger partial charge in [-0.15, -0.1) is 0 Å². The highest BCUT2D eigenvalue weighted by Crippen LogP contribution is 2.44. The van der Waals surface area contributed by atoms with Gasteiger partial charge < -0.3 is 5.32 Å². The highest BCUT2D eigenvalue weighted by molar-refractivity contribution is 5.78. The number of carbonyl (C=O) groups is 1. The molecule has 2 heteroatoms. The molecule has 2 aliphatic rings. The van der Waals surface area contributed by atoms with Gasteiger partial charge >= 0.3 is 0 Å². The molecule has 0 saturated heterocycles. The highest BCUT2D eigenvalue weighted by Gasteiger charge is 2.39. The van der Waals surface area contributed by atoms with Crippen molar-refractivity contribution in [2.45, 2.75) is 38.1 Å². The lowest BCUT2D eigenvalue weighted by Gasteiger charge is -2.22. The fraction of sp³-hybridized carbons (Fsp3) is 0.533. The summed E-state index contributed by atoms with van der Waals surface area (Å²) < 4.78 is 0. The predicted octanol–water partition coefficient (Wildman–Crippen LogP) is 2.53. The van der Waals surface area contributed by atoms with Gasteiger partial charge in [-0.05, 0) is 36.7 Å². The first-order chi connectivity index (χ1) is 8.31. The lowest BCUT2D eigenvalue weighted by Crippen LogP contribution is -2.39. The van der Waals surface area contributed by atoms with E-state index < -0.39 is 0 Å². The molecule has 2 fully saturated rings. The molecular weight excluding hydrogens is 210 g/mol. The fourth-order valence-corrected chi connectivity index (χ4v) is 3.46. The molecule has 1 amide bonds. The average molecular weight is 229 g/mol. The first-order valence-electron chi connectivity index (χ1n) is 6.64. The molecule has 2 nitrogen and oxygen atoms in total. The van der Waals surface area contributed by atoms with Crippen LogP contribution in [0.4, 0.5) is 0 Å². The van der Waals surface area contributed by atoms with Gasteiger partial charge in [0, 0.05) is 6.04 Å². The zero-order valence-electron chi connectivity index (χ0n) is 10.1. The minimum atomic E-state index is 0.189. The molecule has 2 aliphatic carbocycles. The maximum atomic E-state index is 11.9. The Morgan fingerprint density at radius 1 is 1.18 bits per heavy atom. The maximum absolute atomic E-state index is 11.9. The van der Waals surface area contributed by atoms with E-state index in [1.165, 1.54) is 25.7 Å². The Balaban J connectivity index is 1.54. The van der Waals surface area contributed by atoms with Gasteiger partial charge in [-0.25, -0.2) is 0 Å². The van der Waals surface area contributed by atoms with Crippen molar-refractivity contribution >= 4 is 5.91 Å². The molecule has 0 radical (unpaired) electrons. The molecule has 3 atom stereocenters. The third-order valence-electron chi connectivity index (χ3n) is 4.29. The monoisotopic (exact) mass is 229 g/mol. The van der Waals surface area contributed by atoms with E-state index in [1.54, 1.807) is 0 Å². The van der Waals surface area contributed by atoms with E-state index in [0.717, 1.165) is 17.4 Å². The normalized spacial score (nSPS) is 30.5. The molecule has 0 aliphatic heterocycles. The Labute approximate surface area is 102 Å². The zero-order chi connectivity index (χ0) is 11.7. The van der Waals surface area contributed by atoms with Crippen LogP contribution in [0.2, 0.25) is 0 Å². The summed E-state index contributed by atoms with van der Waals surface area (Å²) in [5, 5.41) is 3.22. The Hall–Kier alpha value is -1.31. The number of hydrogen-bond donors (Lipinski definition) is 1. The van der Waals surface area contributed by atoms with Gasteiger partial charge in [0.1, 0.15) is 0 Å². The molecule has 17 heavy (non-hydrogen) atoms. The van der Waals surface area contributed by atoms with Crippen molar-refractivity contribution in [1.82, 2.24) is 5.32 Å². The molecule has 1 N–H and O–H groups in total. The molecule has 0 unspecified atom stereocenters. The lowest BCUT2D eigenvalue weighted by atomic mass is 9.95. The minimum Gasteiger partial charge on any atom is -0.353 e. The Kier molecular flexibility index (Phi) is 2.87. The van der Waals surface area contributed by atoms with Gasteiger partial charge in [0.25, 0.3) is 0 Å². The van der Waals surface area contributed by atoms with Gasteiger partial charge in [0.15, 0.2) is 0 Å². The van der Waals surface area contributed by atoms with Crippen LogP contribution in [0, 0.1) is 11.8 Å². The second-order valence-corrected chi connectivity index (χ2v) is 5.51. The van der Waals surface area contributed by atoms with Crippen LogP contribution >= 0.6 is 0 Å². The number of hydrogen-bond acceptors (Lipinski definition) is 1. The number of amides is 1. The standard InChI is InChI=1S/C15H19NO/c17-15(10-11-4-2-1-3-5-11)16-14-9-12-6-7-13(14)8-12/h1-5,12-14H,6-10H2,(H,16,17)/t12-,13-,14-/m0/s1. The number of benzene rings is 1. The van der Waals surface area contributed by atoms with Crippen molar-refractivity contribution in [3.63, 3.8) is 0 Å². The van der Waals surface area contributed by atoms with Crippen molar-refractivity contribution in [3.05, 3.63) is 35.9 Å². The van der Waals surface area contributed by atoms with E-state index in [9.17, 15) is 4.79 Å².